The van der Waals surface area contributed by atoms with E-state index in [0.717, 1.165) is 48.0 Å². The fourth-order valence-corrected chi connectivity index (χ4v) is 3.13. The van der Waals surface area contributed by atoms with Crippen molar-refractivity contribution in [2.75, 3.05) is 6.61 Å². The molecule has 0 radical (unpaired) electrons. The first-order valence-electron chi connectivity index (χ1n) is 8.29. The zero-order valence-electron chi connectivity index (χ0n) is 13.6. The van der Waals surface area contributed by atoms with E-state index in [2.05, 4.69) is 16.1 Å². The van der Waals surface area contributed by atoms with Crippen LogP contribution in [0.15, 0.2) is 42.6 Å². The third kappa shape index (κ3) is 2.71. The largest absolute Gasteiger partial charge is 0.356 e. The van der Waals surface area contributed by atoms with Crippen LogP contribution in [0.2, 0.25) is 0 Å². The Labute approximate surface area is 140 Å². The van der Waals surface area contributed by atoms with Crippen molar-refractivity contribution >= 4 is 16.7 Å². The monoisotopic (exact) mass is 321 g/mol. The maximum atomic E-state index is 11.6. The molecule has 122 valence electrons. The average molecular weight is 321 g/mol. The second-order valence-corrected chi connectivity index (χ2v) is 6.15. The lowest BCUT2D eigenvalue weighted by Gasteiger charge is -2.23. The minimum Gasteiger partial charge on any atom is -0.356 e. The van der Waals surface area contributed by atoms with Crippen molar-refractivity contribution in [3.8, 4) is 11.3 Å². The molecule has 0 saturated carbocycles. The summed E-state index contributed by atoms with van der Waals surface area (Å²) in [6, 6.07) is 11.7. The molecule has 4 rings (SSSR count). The number of hydrogen-bond donors (Lipinski definition) is 0. The van der Waals surface area contributed by atoms with Crippen LogP contribution in [0.4, 0.5) is 0 Å². The predicted octanol–water partition coefficient (Wildman–Crippen LogP) is 4.00. The summed E-state index contributed by atoms with van der Waals surface area (Å²) < 4.78 is 7.83. The number of ether oxygens (including phenoxy) is 1. The Bertz CT molecular complexity index is 895. The average Bonchev–Trinajstić information content (AvgIpc) is 3.05. The number of nitrogens with zero attached hydrogens (tertiary/aromatic N) is 3. The van der Waals surface area contributed by atoms with Crippen molar-refractivity contribution in [2.24, 2.45) is 0 Å². The highest BCUT2D eigenvalue weighted by Crippen LogP contribution is 2.29. The second-order valence-electron chi connectivity index (χ2n) is 6.15. The van der Waals surface area contributed by atoms with Gasteiger partial charge in [-0.3, -0.25) is 4.79 Å². The first kappa shape index (κ1) is 15.0. The van der Waals surface area contributed by atoms with Gasteiger partial charge in [0.1, 0.15) is 5.69 Å². The van der Waals surface area contributed by atoms with Gasteiger partial charge in [0.2, 0.25) is 0 Å². The zero-order chi connectivity index (χ0) is 16.5. The van der Waals surface area contributed by atoms with E-state index < -0.39 is 0 Å². The van der Waals surface area contributed by atoms with Gasteiger partial charge in [0.15, 0.2) is 12.0 Å². The van der Waals surface area contributed by atoms with Crippen molar-refractivity contribution in [2.45, 2.75) is 32.4 Å². The molecule has 0 spiro atoms. The molecule has 1 atom stereocenters. The molecule has 0 N–H and O–H groups in total. The maximum Gasteiger partial charge on any atom is 0.178 e. The van der Waals surface area contributed by atoms with Crippen LogP contribution >= 0.6 is 0 Å². The second kappa shape index (κ2) is 6.17. The molecule has 1 saturated heterocycles. The van der Waals surface area contributed by atoms with E-state index in [1.54, 1.807) is 6.07 Å². The van der Waals surface area contributed by atoms with E-state index >= 15 is 0 Å². The molecule has 5 heteroatoms. The van der Waals surface area contributed by atoms with Gasteiger partial charge >= 0.3 is 0 Å². The number of pyridine rings is 1. The highest BCUT2D eigenvalue weighted by atomic mass is 16.5. The number of hydrogen-bond acceptors (Lipinski definition) is 4. The third-order valence-electron chi connectivity index (χ3n) is 4.43. The Kier molecular flexibility index (Phi) is 3.86. The van der Waals surface area contributed by atoms with Crippen LogP contribution in [0.25, 0.3) is 22.2 Å². The Morgan fingerprint density at radius 2 is 2.17 bits per heavy atom. The normalized spacial score (nSPS) is 18.0. The van der Waals surface area contributed by atoms with Crippen LogP contribution in [0.5, 0.6) is 0 Å². The van der Waals surface area contributed by atoms with Gasteiger partial charge in [-0.2, -0.15) is 5.10 Å². The molecule has 2 aromatic heterocycles. The first-order chi connectivity index (χ1) is 11.7. The number of Topliss-reactive ketones (excluding diaryl/α,β-unsaturated/α-hetero) is 1. The third-order valence-corrected chi connectivity index (χ3v) is 4.43. The summed E-state index contributed by atoms with van der Waals surface area (Å²) in [6.45, 7) is 2.32. The van der Waals surface area contributed by atoms with Crippen LogP contribution in [0.1, 0.15) is 42.9 Å². The summed E-state index contributed by atoms with van der Waals surface area (Å²) in [5.41, 5.74) is 3.29. The van der Waals surface area contributed by atoms with Crippen molar-refractivity contribution < 1.29 is 9.53 Å². The number of rotatable bonds is 3. The van der Waals surface area contributed by atoms with Gasteiger partial charge < -0.3 is 4.74 Å². The van der Waals surface area contributed by atoms with E-state index in [-0.39, 0.29) is 12.0 Å². The van der Waals surface area contributed by atoms with Gasteiger partial charge in [-0.05, 0) is 37.5 Å². The summed E-state index contributed by atoms with van der Waals surface area (Å²) in [7, 11) is 0. The van der Waals surface area contributed by atoms with Crippen LogP contribution in [0, 0.1) is 0 Å². The molecular formula is C19H19N3O2. The molecular weight excluding hydrogens is 302 g/mol. The van der Waals surface area contributed by atoms with Gasteiger partial charge in [0, 0.05) is 24.5 Å². The summed E-state index contributed by atoms with van der Waals surface area (Å²) in [4.78, 5) is 16.0. The fraction of sp³-hybridized carbons (Fsp3) is 0.316. The van der Waals surface area contributed by atoms with Crippen molar-refractivity contribution in [3.63, 3.8) is 0 Å². The Balaban J connectivity index is 1.77. The van der Waals surface area contributed by atoms with Gasteiger partial charge in [-0.25, -0.2) is 9.67 Å². The SMILES string of the molecule is CC(=O)c1cccc(-c2ccc3cnn(C4CCCCO4)c3c2)n1. The number of carbonyl (C=O) groups excluding carboxylic acids is 1. The molecule has 5 nitrogen and oxygen atoms in total. The van der Waals surface area contributed by atoms with Crippen molar-refractivity contribution in [1.82, 2.24) is 14.8 Å². The standard InChI is InChI=1S/C19H19N3O2/c1-13(23)16-5-4-6-17(21-16)14-8-9-15-12-20-22(18(15)11-14)19-7-2-3-10-24-19/h4-6,8-9,11-12,19H,2-3,7,10H2,1H3. The lowest BCUT2D eigenvalue weighted by atomic mass is 10.1. The lowest BCUT2D eigenvalue weighted by Crippen LogP contribution is -2.18. The zero-order valence-corrected chi connectivity index (χ0v) is 13.6. The summed E-state index contributed by atoms with van der Waals surface area (Å²) in [5, 5.41) is 5.60. The van der Waals surface area contributed by atoms with E-state index in [9.17, 15) is 4.79 Å². The molecule has 1 aromatic carbocycles. The van der Waals surface area contributed by atoms with Crippen LogP contribution < -0.4 is 0 Å². The fourth-order valence-electron chi connectivity index (χ4n) is 3.13. The van der Waals surface area contributed by atoms with Crippen LogP contribution in [0.3, 0.4) is 0 Å². The van der Waals surface area contributed by atoms with Crippen molar-refractivity contribution in [1.29, 1.82) is 0 Å². The van der Waals surface area contributed by atoms with Crippen molar-refractivity contribution in [3.05, 3.63) is 48.3 Å². The Morgan fingerprint density at radius 3 is 2.96 bits per heavy atom. The predicted molar refractivity (Wildman–Crippen MR) is 91.8 cm³/mol. The number of ketones is 1. The molecule has 24 heavy (non-hydrogen) atoms. The Hall–Kier alpha value is -2.53. The van der Waals surface area contributed by atoms with Crippen LogP contribution in [-0.4, -0.2) is 27.2 Å². The van der Waals surface area contributed by atoms with Gasteiger partial charge in [0.05, 0.1) is 17.4 Å². The molecule has 3 heterocycles. The first-order valence-corrected chi connectivity index (χ1v) is 8.29. The maximum absolute atomic E-state index is 11.6. The highest BCUT2D eigenvalue weighted by Gasteiger charge is 2.18. The van der Waals surface area contributed by atoms with E-state index in [4.69, 9.17) is 4.74 Å². The number of carbonyl (C=O) groups is 1. The number of benzene rings is 1. The van der Waals surface area contributed by atoms with Gasteiger partial charge in [0.25, 0.3) is 0 Å². The molecule has 0 bridgehead atoms. The molecule has 0 amide bonds. The quantitative estimate of drug-likeness (QED) is 0.684. The lowest BCUT2D eigenvalue weighted by molar-refractivity contribution is -0.0366. The minimum absolute atomic E-state index is 0.00279. The van der Waals surface area contributed by atoms with Gasteiger partial charge in [-0.15, -0.1) is 0 Å². The van der Waals surface area contributed by atoms with E-state index in [0.29, 0.717) is 5.69 Å². The molecule has 1 aliphatic rings. The summed E-state index contributed by atoms with van der Waals surface area (Å²) in [5.74, 6) is -0.0291. The molecule has 1 aliphatic heterocycles. The molecule has 3 aromatic rings. The molecule has 1 unspecified atom stereocenters. The summed E-state index contributed by atoms with van der Waals surface area (Å²) in [6.07, 6.45) is 5.13. The molecule has 1 fully saturated rings. The topological polar surface area (TPSA) is 57.0 Å². The number of fused-ring (bicyclic) bond motifs is 1. The van der Waals surface area contributed by atoms with Crippen LogP contribution in [-0.2, 0) is 4.74 Å². The summed E-state index contributed by atoms with van der Waals surface area (Å²) >= 11 is 0. The van der Waals surface area contributed by atoms with E-state index in [1.165, 1.54) is 6.92 Å². The van der Waals surface area contributed by atoms with Gasteiger partial charge in [-0.1, -0.05) is 18.2 Å². The van der Waals surface area contributed by atoms with E-state index in [1.807, 2.05) is 35.1 Å². The minimum atomic E-state index is -0.0291. The Morgan fingerprint density at radius 1 is 1.25 bits per heavy atom. The number of aromatic nitrogens is 3. The molecule has 0 aliphatic carbocycles. The highest BCUT2D eigenvalue weighted by molar-refractivity contribution is 5.93. The smallest absolute Gasteiger partial charge is 0.178 e.